The van der Waals surface area contributed by atoms with Gasteiger partial charge in [-0.25, -0.2) is 13.2 Å². The van der Waals surface area contributed by atoms with E-state index in [2.05, 4.69) is 10.6 Å². The smallest absolute Gasteiger partial charge is 0.407 e. The molecule has 202 valence electrons. The molecule has 0 aliphatic carbocycles. The van der Waals surface area contributed by atoms with Crippen molar-refractivity contribution in [3.8, 4) is 5.75 Å². The summed E-state index contributed by atoms with van der Waals surface area (Å²) in [4.78, 5) is 23.8. The van der Waals surface area contributed by atoms with Gasteiger partial charge in [0.25, 0.3) is 5.24 Å². The van der Waals surface area contributed by atoms with E-state index in [1.54, 1.807) is 0 Å². The van der Waals surface area contributed by atoms with Gasteiger partial charge in [0.15, 0.2) is 0 Å². The Morgan fingerprint density at radius 3 is 2.54 bits per heavy atom. The fourth-order valence-electron chi connectivity index (χ4n) is 3.84. The molecule has 1 aliphatic rings. The number of carbonyl (C=O) groups is 2. The maximum atomic E-state index is 13.4. The Balaban J connectivity index is 1.76. The van der Waals surface area contributed by atoms with Crippen LogP contribution in [0.5, 0.6) is 5.75 Å². The Bertz CT molecular complexity index is 1160. The highest BCUT2D eigenvalue weighted by Crippen LogP contribution is 2.22. The summed E-state index contributed by atoms with van der Waals surface area (Å²) >= 11 is 1.11. The number of benzene rings is 2. The summed E-state index contributed by atoms with van der Waals surface area (Å²) in [6.45, 7) is 3.52. The van der Waals surface area contributed by atoms with Gasteiger partial charge in [-0.1, -0.05) is 62.0 Å². The topological polar surface area (TPSA) is 145 Å². The van der Waals surface area contributed by atoms with Crippen LogP contribution >= 0.6 is 11.8 Å². The predicted molar refractivity (Wildman–Crippen MR) is 141 cm³/mol. The lowest BCUT2D eigenvalue weighted by molar-refractivity contribution is 0.0876. The van der Waals surface area contributed by atoms with E-state index >= 15 is 0 Å². The fourth-order valence-corrected chi connectivity index (χ4v) is 6.29. The number of ether oxygens (including phenoxy) is 1. The van der Waals surface area contributed by atoms with Crippen LogP contribution in [-0.4, -0.2) is 77.9 Å². The summed E-state index contributed by atoms with van der Waals surface area (Å²) in [7, 11) is -4.05. The number of carbonyl (C=O) groups excluding carboxylic acids is 2. The van der Waals surface area contributed by atoms with E-state index in [1.165, 1.54) is 18.2 Å². The minimum absolute atomic E-state index is 0.0237. The molecule has 2 aromatic rings. The lowest BCUT2D eigenvalue weighted by atomic mass is 10.0. The lowest BCUT2D eigenvalue weighted by Crippen LogP contribution is -2.51. The normalized spacial score (nSPS) is 17.4. The number of aliphatic hydroxyl groups is 1. The predicted octanol–water partition coefficient (Wildman–Crippen LogP) is 2.56. The Morgan fingerprint density at radius 2 is 1.92 bits per heavy atom. The molecule has 2 aromatic carbocycles. The van der Waals surface area contributed by atoms with Crippen molar-refractivity contribution < 1.29 is 33.0 Å². The van der Waals surface area contributed by atoms with Crippen LogP contribution in [0.25, 0.3) is 0 Å². The first-order valence-corrected chi connectivity index (χ1v) is 14.3. The summed E-state index contributed by atoms with van der Waals surface area (Å²) in [6.07, 6.45) is -1.83. The van der Waals surface area contributed by atoms with Gasteiger partial charge in [-0.2, -0.15) is 4.31 Å². The molecule has 37 heavy (non-hydrogen) atoms. The first kappa shape index (κ1) is 28.8. The number of phenols is 1. The van der Waals surface area contributed by atoms with Gasteiger partial charge in [-0.05, 0) is 36.1 Å². The van der Waals surface area contributed by atoms with Crippen LogP contribution in [0, 0.1) is 5.92 Å². The van der Waals surface area contributed by atoms with Gasteiger partial charge >= 0.3 is 6.09 Å². The SMILES string of the molecule is CC(C)CN(C[C@@H](O)[C@H](Cc1ccccc1)NC(=O)OC[C@H]1CSC(=O)N1)S(=O)(=O)c1cccc(O)c1. The summed E-state index contributed by atoms with van der Waals surface area (Å²) < 4.78 is 33.2. The Kier molecular flexibility index (Phi) is 10.2. The van der Waals surface area contributed by atoms with Crippen LogP contribution in [0.1, 0.15) is 19.4 Å². The first-order chi connectivity index (χ1) is 17.5. The van der Waals surface area contributed by atoms with E-state index in [1.807, 2.05) is 44.2 Å². The molecule has 0 spiro atoms. The number of rotatable bonds is 12. The molecule has 0 bridgehead atoms. The number of nitrogens with zero attached hydrogens (tertiary/aromatic N) is 1. The van der Waals surface area contributed by atoms with E-state index in [0.717, 1.165) is 27.7 Å². The second kappa shape index (κ2) is 13.1. The maximum Gasteiger partial charge on any atom is 0.407 e. The molecule has 10 nitrogen and oxygen atoms in total. The van der Waals surface area contributed by atoms with Gasteiger partial charge < -0.3 is 25.6 Å². The monoisotopic (exact) mass is 551 g/mol. The zero-order valence-corrected chi connectivity index (χ0v) is 22.4. The third kappa shape index (κ3) is 8.63. The molecule has 1 fully saturated rings. The Hall–Kier alpha value is -2.80. The molecule has 2 amide bonds. The Morgan fingerprint density at radius 1 is 1.19 bits per heavy atom. The number of phenolic OH excluding ortho intramolecular Hbond substituents is 1. The number of amides is 2. The molecule has 0 unspecified atom stereocenters. The zero-order chi connectivity index (χ0) is 27.0. The number of sulfonamides is 1. The zero-order valence-electron chi connectivity index (χ0n) is 20.7. The van der Waals surface area contributed by atoms with Gasteiger partial charge in [0.2, 0.25) is 10.0 Å². The van der Waals surface area contributed by atoms with Crippen LogP contribution in [0.2, 0.25) is 0 Å². The molecule has 12 heteroatoms. The van der Waals surface area contributed by atoms with Gasteiger partial charge in [0.1, 0.15) is 12.4 Å². The molecule has 1 heterocycles. The van der Waals surface area contributed by atoms with Gasteiger partial charge in [-0.15, -0.1) is 0 Å². The lowest BCUT2D eigenvalue weighted by Gasteiger charge is -2.30. The molecule has 3 atom stereocenters. The van der Waals surface area contributed by atoms with Crippen LogP contribution in [-0.2, 0) is 21.2 Å². The van der Waals surface area contributed by atoms with E-state index in [-0.39, 0.29) is 54.0 Å². The molecular formula is C25H33N3O7S2. The largest absolute Gasteiger partial charge is 0.508 e. The Labute approximate surface area is 221 Å². The number of hydrogen-bond donors (Lipinski definition) is 4. The minimum Gasteiger partial charge on any atom is -0.508 e. The van der Waals surface area contributed by atoms with Crippen LogP contribution in [0.3, 0.4) is 0 Å². The summed E-state index contributed by atoms with van der Waals surface area (Å²) in [5.74, 6) is 0.248. The number of nitrogens with one attached hydrogen (secondary N) is 2. The van der Waals surface area contributed by atoms with E-state index in [9.17, 15) is 28.2 Å². The fraction of sp³-hybridized carbons (Fsp3) is 0.440. The van der Waals surface area contributed by atoms with Crippen molar-refractivity contribution >= 4 is 33.1 Å². The summed E-state index contributed by atoms with van der Waals surface area (Å²) in [5, 5.41) is 26.2. The van der Waals surface area contributed by atoms with Gasteiger partial charge in [-0.3, -0.25) is 4.79 Å². The summed E-state index contributed by atoms with van der Waals surface area (Å²) in [6, 6.07) is 13.4. The van der Waals surface area contributed by atoms with Crippen molar-refractivity contribution in [2.75, 3.05) is 25.4 Å². The number of alkyl carbamates (subject to hydrolysis) is 1. The standard InChI is InChI=1S/C25H33N3O7S2/c1-17(2)13-28(37(33,34)21-10-6-9-20(29)12-21)14-23(30)22(11-18-7-4-3-5-8-18)27-24(31)35-15-19-16-36-25(32)26-19/h3-10,12,17,19,22-23,29-30H,11,13-16H2,1-2H3,(H,26,32)(H,27,31)/t19-,22-,23+/m0/s1. The average molecular weight is 552 g/mol. The van der Waals surface area contributed by atoms with Gasteiger partial charge in [0, 0.05) is 18.8 Å². The van der Waals surface area contributed by atoms with Crippen molar-refractivity contribution in [3.05, 3.63) is 60.2 Å². The number of thioether (sulfide) groups is 1. The number of aromatic hydroxyl groups is 1. The second-order valence-electron chi connectivity index (χ2n) is 9.26. The molecule has 3 rings (SSSR count). The van der Waals surface area contributed by atoms with Crippen LogP contribution in [0.15, 0.2) is 59.5 Å². The maximum absolute atomic E-state index is 13.4. The van der Waals surface area contributed by atoms with Crippen LogP contribution in [0.4, 0.5) is 9.59 Å². The molecule has 0 radical (unpaired) electrons. The van der Waals surface area contributed by atoms with Crippen molar-refractivity contribution in [1.29, 1.82) is 0 Å². The van der Waals surface area contributed by atoms with E-state index < -0.39 is 28.3 Å². The van der Waals surface area contributed by atoms with Crippen LogP contribution < -0.4 is 10.6 Å². The third-order valence-corrected chi connectivity index (χ3v) is 8.41. The van der Waals surface area contributed by atoms with E-state index in [0.29, 0.717) is 5.75 Å². The van der Waals surface area contributed by atoms with Crippen molar-refractivity contribution in [2.45, 2.75) is 43.4 Å². The molecule has 0 aromatic heterocycles. The highest BCUT2D eigenvalue weighted by molar-refractivity contribution is 8.14. The third-order valence-electron chi connectivity index (χ3n) is 5.63. The molecule has 0 saturated carbocycles. The number of aliphatic hydroxyl groups excluding tert-OH is 1. The first-order valence-electron chi connectivity index (χ1n) is 11.9. The second-order valence-corrected chi connectivity index (χ2v) is 12.2. The summed E-state index contributed by atoms with van der Waals surface area (Å²) in [5.41, 5.74) is 0.831. The van der Waals surface area contributed by atoms with E-state index in [4.69, 9.17) is 4.74 Å². The quantitative estimate of drug-likeness (QED) is 0.315. The molecule has 1 aliphatic heterocycles. The molecule has 1 saturated heterocycles. The van der Waals surface area contributed by atoms with Gasteiger partial charge in [0.05, 0.1) is 23.1 Å². The molecule has 4 N–H and O–H groups in total. The highest BCUT2D eigenvalue weighted by atomic mass is 32.2. The molecular weight excluding hydrogens is 518 g/mol. The minimum atomic E-state index is -4.05. The number of hydrogen-bond acceptors (Lipinski definition) is 8. The van der Waals surface area contributed by atoms with Crippen molar-refractivity contribution in [2.24, 2.45) is 5.92 Å². The average Bonchev–Trinajstić information content (AvgIpc) is 3.27. The van der Waals surface area contributed by atoms with Crippen molar-refractivity contribution in [3.63, 3.8) is 0 Å². The highest BCUT2D eigenvalue weighted by Gasteiger charge is 2.32. The van der Waals surface area contributed by atoms with Crippen molar-refractivity contribution in [1.82, 2.24) is 14.9 Å².